The molecule has 0 fully saturated rings. The van der Waals surface area contributed by atoms with Gasteiger partial charge in [0.2, 0.25) is 5.78 Å². The Bertz CT molecular complexity index is 1000. The predicted octanol–water partition coefficient (Wildman–Crippen LogP) is -0.324. The van der Waals surface area contributed by atoms with E-state index in [4.69, 9.17) is 10.5 Å². The van der Waals surface area contributed by atoms with Gasteiger partial charge in [0.25, 0.3) is 5.56 Å². The van der Waals surface area contributed by atoms with Crippen molar-refractivity contribution in [3.8, 4) is 0 Å². The van der Waals surface area contributed by atoms with Crippen LogP contribution < -0.4 is 17.0 Å². The van der Waals surface area contributed by atoms with E-state index in [0.717, 1.165) is 10.6 Å². The van der Waals surface area contributed by atoms with Crippen LogP contribution in [0.2, 0.25) is 0 Å². The highest BCUT2D eigenvalue weighted by molar-refractivity contribution is 7.17. The number of nitrogens with zero attached hydrogens (tertiary/aromatic N) is 3. The summed E-state index contributed by atoms with van der Waals surface area (Å²) in [5.41, 5.74) is 3.53. The Balaban J connectivity index is 2.21. The minimum Gasteiger partial charge on any atom is -0.453 e. The molecule has 0 aliphatic heterocycles. The van der Waals surface area contributed by atoms with Gasteiger partial charge in [0.05, 0.1) is 4.92 Å². The van der Waals surface area contributed by atoms with Crippen LogP contribution in [0.15, 0.2) is 21.7 Å². The van der Waals surface area contributed by atoms with Crippen LogP contribution in [0.4, 0.5) is 10.8 Å². The zero-order valence-electron chi connectivity index (χ0n) is 13.0. The van der Waals surface area contributed by atoms with Crippen LogP contribution in [0, 0.1) is 10.1 Å². The average Bonchev–Trinajstić information content (AvgIpc) is 3.06. The van der Waals surface area contributed by atoms with Gasteiger partial charge in [0, 0.05) is 20.2 Å². The summed E-state index contributed by atoms with van der Waals surface area (Å²) in [4.78, 5) is 57.6. The third kappa shape index (κ3) is 3.33. The van der Waals surface area contributed by atoms with Crippen molar-refractivity contribution in [1.82, 2.24) is 9.13 Å². The van der Waals surface area contributed by atoms with Crippen molar-refractivity contribution in [3.63, 3.8) is 0 Å². The molecule has 0 spiro atoms. The molecule has 0 saturated heterocycles. The number of rotatable bonds is 5. The van der Waals surface area contributed by atoms with Crippen LogP contribution in [-0.4, -0.2) is 32.4 Å². The Morgan fingerprint density at radius 3 is 2.48 bits per heavy atom. The lowest BCUT2D eigenvalue weighted by Gasteiger charge is -2.10. The summed E-state index contributed by atoms with van der Waals surface area (Å²) in [6.07, 6.45) is 0. The molecule has 0 unspecified atom stereocenters. The molecule has 2 aromatic rings. The van der Waals surface area contributed by atoms with Crippen molar-refractivity contribution in [2.45, 2.75) is 0 Å². The Morgan fingerprint density at radius 1 is 1.28 bits per heavy atom. The summed E-state index contributed by atoms with van der Waals surface area (Å²) in [7, 11) is 2.46. The molecule has 2 aromatic heterocycles. The van der Waals surface area contributed by atoms with Crippen molar-refractivity contribution < 1.29 is 19.2 Å². The molecule has 0 atom stereocenters. The summed E-state index contributed by atoms with van der Waals surface area (Å²) in [6, 6.07) is 2.32. The van der Waals surface area contributed by atoms with Gasteiger partial charge in [-0.15, -0.1) is 0 Å². The highest BCUT2D eigenvalue weighted by atomic mass is 32.1. The van der Waals surface area contributed by atoms with Crippen LogP contribution in [0.1, 0.15) is 20.0 Å². The monoisotopic (exact) mass is 368 g/mol. The number of carbonyl (C=O) groups excluding carboxylic acids is 2. The Labute approximate surface area is 143 Å². The molecule has 0 radical (unpaired) electrons. The molecule has 0 aliphatic carbocycles. The molecule has 0 bridgehead atoms. The van der Waals surface area contributed by atoms with Crippen LogP contribution in [0.25, 0.3) is 0 Å². The molecule has 0 aromatic carbocycles. The van der Waals surface area contributed by atoms with Gasteiger partial charge in [0.15, 0.2) is 6.61 Å². The van der Waals surface area contributed by atoms with Gasteiger partial charge in [0.1, 0.15) is 16.3 Å². The zero-order chi connectivity index (χ0) is 18.9. The van der Waals surface area contributed by atoms with Crippen molar-refractivity contribution in [3.05, 3.63) is 53.5 Å². The second-order valence-corrected chi connectivity index (χ2v) is 5.92. The Kier molecular flexibility index (Phi) is 4.83. The number of nitro groups is 1. The molecule has 11 nitrogen and oxygen atoms in total. The maximum Gasteiger partial charge on any atom is 0.349 e. The standard InChI is InChI=1S/C13H12N4O7S/c1-15-10(14)9(11(19)16(2)13(15)21)6(18)5-24-12(20)7-3-4-8(25-7)17(22)23/h3-4H,5,14H2,1-2H3. The molecule has 2 rings (SSSR count). The third-order valence-corrected chi connectivity index (χ3v) is 4.31. The number of Topliss-reactive ketones (excluding diaryl/α,β-unsaturated/α-hetero) is 1. The molecule has 2 heterocycles. The van der Waals surface area contributed by atoms with Crippen molar-refractivity contribution >= 4 is 33.9 Å². The molecule has 0 saturated carbocycles. The molecule has 2 N–H and O–H groups in total. The van der Waals surface area contributed by atoms with Gasteiger partial charge in [-0.05, 0) is 6.07 Å². The number of thiophene rings is 1. The van der Waals surface area contributed by atoms with E-state index in [9.17, 15) is 29.3 Å². The van der Waals surface area contributed by atoms with Crippen molar-refractivity contribution in [1.29, 1.82) is 0 Å². The van der Waals surface area contributed by atoms with E-state index >= 15 is 0 Å². The van der Waals surface area contributed by atoms with E-state index in [1.165, 1.54) is 20.2 Å². The second-order valence-electron chi connectivity index (χ2n) is 4.86. The first kappa shape index (κ1) is 18.1. The van der Waals surface area contributed by atoms with Gasteiger partial charge >= 0.3 is 16.7 Å². The molecule has 12 heteroatoms. The minimum atomic E-state index is -0.952. The average molecular weight is 368 g/mol. The molecule has 0 aliphatic rings. The lowest BCUT2D eigenvalue weighted by molar-refractivity contribution is -0.380. The largest absolute Gasteiger partial charge is 0.453 e. The topological polar surface area (TPSA) is 157 Å². The number of hydrogen-bond acceptors (Lipinski definition) is 9. The Hall–Kier alpha value is -3.28. The molecular weight excluding hydrogens is 356 g/mol. The number of carbonyl (C=O) groups is 2. The minimum absolute atomic E-state index is 0.0687. The summed E-state index contributed by atoms with van der Waals surface area (Å²) in [5.74, 6) is -2.19. The highest BCUT2D eigenvalue weighted by Gasteiger charge is 2.23. The van der Waals surface area contributed by atoms with Gasteiger partial charge < -0.3 is 10.5 Å². The number of ketones is 1. The van der Waals surface area contributed by atoms with Gasteiger partial charge in [-0.3, -0.25) is 28.8 Å². The molecular formula is C13H12N4O7S. The maximum atomic E-state index is 12.2. The van der Waals surface area contributed by atoms with Crippen molar-refractivity contribution in [2.24, 2.45) is 14.1 Å². The Morgan fingerprint density at radius 2 is 1.92 bits per heavy atom. The normalized spacial score (nSPS) is 10.5. The first-order valence-corrected chi connectivity index (χ1v) is 7.46. The van der Waals surface area contributed by atoms with Crippen LogP contribution in [-0.2, 0) is 18.8 Å². The first-order valence-electron chi connectivity index (χ1n) is 6.65. The molecule has 132 valence electrons. The van der Waals surface area contributed by atoms with E-state index < -0.39 is 40.1 Å². The third-order valence-electron chi connectivity index (χ3n) is 3.30. The van der Waals surface area contributed by atoms with Crippen LogP contribution in [0.5, 0.6) is 0 Å². The molecule has 0 amide bonds. The van der Waals surface area contributed by atoms with Gasteiger partial charge in [-0.25, -0.2) is 9.59 Å². The van der Waals surface area contributed by atoms with E-state index in [2.05, 4.69) is 0 Å². The summed E-state index contributed by atoms with van der Waals surface area (Å²) in [6.45, 7) is -0.803. The smallest absolute Gasteiger partial charge is 0.349 e. The lowest BCUT2D eigenvalue weighted by atomic mass is 10.2. The molecule has 25 heavy (non-hydrogen) atoms. The number of nitrogen functional groups attached to an aromatic ring is 1. The SMILES string of the molecule is Cn1c(N)c(C(=O)COC(=O)c2ccc([N+](=O)[O-])s2)c(=O)n(C)c1=O. The summed E-state index contributed by atoms with van der Waals surface area (Å²) >= 11 is 0.589. The summed E-state index contributed by atoms with van der Waals surface area (Å²) < 4.78 is 6.38. The van der Waals surface area contributed by atoms with E-state index in [1.807, 2.05) is 0 Å². The predicted molar refractivity (Wildman–Crippen MR) is 86.9 cm³/mol. The number of esters is 1. The highest BCUT2D eigenvalue weighted by Crippen LogP contribution is 2.24. The fraction of sp³-hybridized carbons (Fsp3) is 0.231. The van der Waals surface area contributed by atoms with Crippen molar-refractivity contribution in [2.75, 3.05) is 12.3 Å². The van der Waals surface area contributed by atoms with Crippen LogP contribution >= 0.6 is 11.3 Å². The maximum absolute atomic E-state index is 12.2. The van der Waals surface area contributed by atoms with E-state index in [1.54, 1.807) is 0 Å². The number of aromatic nitrogens is 2. The zero-order valence-corrected chi connectivity index (χ0v) is 13.9. The number of hydrogen-bond donors (Lipinski definition) is 1. The number of anilines is 1. The fourth-order valence-electron chi connectivity index (χ4n) is 1.93. The van der Waals surface area contributed by atoms with E-state index in [0.29, 0.717) is 15.9 Å². The van der Waals surface area contributed by atoms with Gasteiger partial charge in [-0.2, -0.15) is 0 Å². The van der Waals surface area contributed by atoms with E-state index in [-0.39, 0.29) is 15.7 Å². The number of ether oxygens (including phenoxy) is 1. The fourth-order valence-corrected chi connectivity index (χ4v) is 2.65. The van der Waals surface area contributed by atoms with Crippen LogP contribution in [0.3, 0.4) is 0 Å². The lowest BCUT2D eigenvalue weighted by Crippen LogP contribution is -2.42. The summed E-state index contributed by atoms with van der Waals surface area (Å²) in [5, 5.41) is 10.3. The second kappa shape index (κ2) is 6.68. The first-order chi connectivity index (χ1) is 11.6. The van der Waals surface area contributed by atoms with Gasteiger partial charge in [-0.1, -0.05) is 11.3 Å². The number of nitrogens with two attached hydrogens (primary N) is 1. The quantitative estimate of drug-likeness (QED) is 0.325.